The summed E-state index contributed by atoms with van der Waals surface area (Å²) in [6.07, 6.45) is 3.47. The third-order valence-electron chi connectivity index (χ3n) is 3.17. The van der Waals surface area contributed by atoms with Crippen LogP contribution in [0.3, 0.4) is 0 Å². The molecule has 1 unspecified atom stereocenters. The molecule has 2 N–H and O–H groups in total. The summed E-state index contributed by atoms with van der Waals surface area (Å²) in [6, 6.07) is 0. The van der Waals surface area contributed by atoms with E-state index in [1.165, 1.54) is 12.8 Å². The van der Waals surface area contributed by atoms with Gasteiger partial charge in [-0.15, -0.1) is 0 Å². The van der Waals surface area contributed by atoms with Gasteiger partial charge in [-0.1, -0.05) is 6.92 Å². The van der Waals surface area contributed by atoms with E-state index in [1.807, 2.05) is 0 Å². The Morgan fingerprint density at radius 1 is 1.35 bits per heavy atom. The smallest absolute Gasteiger partial charge is 0.306 e. The van der Waals surface area contributed by atoms with Crippen LogP contribution in [0.5, 0.6) is 0 Å². The Morgan fingerprint density at radius 2 is 2.00 bits per heavy atom. The zero-order valence-electron chi connectivity index (χ0n) is 10.4. The van der Waals surface area contributed by atoms with Gasteiger partial charge < -0.3 is 15.3 Å². The number of nitrogens with one attached hydrogen (secondary N) is 1. The standard InChI is InChI=1S/C12H22N2O3/c1-10(12(16)17)4-6-13-11(15)5-9-14-7-2-3-8-14/h10H,2-9H2,1H3,(H,13,15)(H,16,17). The number of aliphatic carboxylic acids is 1. The number of nitrogens with zero attached hydrogens (tertiary/aromatic N) is 1. The van der Waals surface area contributed by atoms with E-state index in [4.69, 9.17) is 5.11 Å². The van der Waals surface area contributed by atoms with Crippen molar-refractivity contribution >= 4 is 11.9 Å². The summed E-state index contributed by atoms with van der Waals surface area (Å²) >= 11 is 0. The van der Waals surface area contributed by atoms with Gasteiger partial charge in [0.1, 0.15) is 0 Å². The molecule has 1 saturated heterocycles. The Labute approximate surface area is 102 Å². The number of carbonyl (C=O) groups is 2. The van der Waals surface area contributed by atoms with Gasteiger partial charge in [0.15, 0.2) is 0 Å². The topological polar surface area (TPSA) is 69.6 Å². The fourth-order valence-electron chi connectivity index (χ4n) is 1.91. The highest BCUT2D eigenvalue weighted by molar-refractivity contribution is 5.76. The summed E-state index contributed by atoms with van der Waals surface area (Å²) in [6.45, 7) is 5.12. The number of amides is 1. The maximum atomic E-state index is 11.5. The molecule has 1 amide bonds. The Balaban J connectivity index is 2.02. The second-order valence-corrected chi connectivity index (χ2v) is 4.68. The SMILES string of the molecule is CC(CCNC(=O)CCN1CCCC1)C(=O)O. The van der Waals surface area contributed by atoms with Crippen LogP contribution >= 0.6 is 0 Å². The lowest BCUT2D eigenvalue weighted by molar-refractivity contribution is -0.141. The van der Waals surface area contributed by atoms with E-state index in [0.717, 1.165) is 19.6 Å². The molecule has 5 heteroatoms. The molecule has 1 aliphatic rings. The van der Waals surface area contributed by atoms with Gasteiger partial charge in [-0.05, 0) is 32.4 Å². The molecular weight excluding hydrogens is 220 g/mol. The number of hydrogen-bond donors (Lipinski definition) is 2. The molecule has 0 saturated carbocycles. The predicted molar refractivity (Wildman–Crippen MR) is 64.7 cm³/mol. The summed E-state index contributed by atoms with van der Waals surface area (Å²) in [5.41, 5.74) is 0. The number of hydrogen-bond acceptors (Lipinski definition) is 3. The molecule has 5 nitrogen and oxygen atoms in total. The van der Waals surface area contributed by atoms with Crippen molar-refractivity contribution in [2.75, 3.05) is 26.2 Å². The minimum absolute atomic E-state index is 0.0227. The summed E-state index contributed by atoms with van der Waals surface area (Å²) in [7, 11) is 0. The number of carbonyl (C=O) groups excluding carboxylic acids is 1. The van der Waals surface area contributed by atoms with Crippen LogP contribution < -0.4 is 5.32 Å². The molecule has 0 bridgehead atoms. The molecule has 1 aliphatic heterocycles. The lowest BCUT2D eigenvalue weighted by Gasteiger charge is -2.14. The van der Waals surface area contributed by atoms with Crippen LogP contribution in [0, 0.1) is 5.92 Å². The van der Waals surface area contributed by atoms with Crippen LogP contribution in [0.2, 0.25) is 0 Å². The fourth-order valence-corrected chi connectivity index (χ4v) is 1.91. The molecule has 0 aromatic heterocycles. The number of carboxylic acid groups (broad SMARTS) is 1. The third kappa shape index (κ3) is 5.68. The molecule has 0 aromatic rings. The molecule has 1 atom stereocenters. The van der Waals surface area contributed by atoms with Crippen LogP contribution in [0.25, 0.3) is 0 Å². The van der Waals surface area contributed by atoms with E-state index >= 15 is 0 Å². The first-order valence-electron chi connectivity index (χ1n) is 6.31. The zero-order chi connectivity index (χ0) is 12.7. The maximum Gasteiger partial charge on any atom is 0.306 e. The Bertz CT molecular complexity index is 262. The van der Waals surface area contributed by atoms with Gasteiger partial charge in [0.2, 0.25) is 5.91 Å². The third-order valence-corrected chi connectivity index (χ3v) is 3.17. The van der Waals surface area contributed by atoms with Crippen LogP contribution in [0.1, 0.15) is 32.6 Å². The highest BCUT2D eigenvalue weighted by Crippen LogP contribution is 2.07. The number of likely N-dealkylation sites (tertiary alicyclic amines) is 1. The zero-order valence-corrected chi connectivity index (χ0v) is 10.4. The van der Waals surface area contributed by atoms with Crippen molar-refractivity contribution in [1.82, 2.24) is 10.2 Å². The van der Waals surface area contributed by atoms with E-state index in [9.17, 15) is 9.59 Å². The maximum absolute atomic E-state index is 11.5. The average Bonchev–Trinajstić information content (AvgIpc) is 2.78. The quantitative estimate of drug-likeness (QED) is 0.689. The molecule has 0 aromatic carbocycles. The molecule has 1 heterocycles. The van der Waals surface area contributed by atoms with Crippen LogP contribution in [-0.4, -0.2) is 48.1 Å². The Hall–Kier alpha value is -1.10. The summed E-state index contributed by atoms with van der Waals surface area (Å²) in [5.74, 6) is -1.18. The lowest BCUT2D eigenvalue weighted by atomic mass is 10.1. The van der Waals surface area contributed by atoms with Gasteiger partial charge >= 0.3 is 5.97 Å². The molecule has 1 fully saturated rings. The minimum atomic E-state index is -0.809. The highest BCUT2D eigenvalue weighted by atomic mass is 16.4. The van der Waals surface area contributed by atoms with E-state index in [2.05, 4.69) is 10.2 Å². The molecule has 17 heavy (non-hydrogen) atoms. The van der Waals surface area contributed by atoms with Gasteiger partial charge in [0.05, 0.1) is 5.92 Å². The van der Waals surface area contributed by atoms with Gasteiger partial charge in [0.25, 0.3) is 0 Å². The van der Waals surface area contributed by atoms with Crippen molar-refractivity contribution in [2.45, 2.75) is 32.6 Å². The minimum Gasteiger partial charge on any atom is -0.481 e. The van der Waals surface area contributed by atoms with E-state index in [1.54, 1.807) is 6.92 Å². The van der Waals surface area contributed by atoms with E-state index < -0.39 is 11.9 Å². The van der Waals surface area contributed by atoms with Crippen molar-refractivity contribution in [3.05, 3.63) is 0 Å². The molecule has 1 rings (SSSR count). The first-order valence-corrected chi connectivity index (χ1v) is 6.31. The Kier molecular flexibility index (Phi) is 5.97. The van der Waals surface area contributed by atoms with Crippen molar-refractivity contribution in [3.63, 3.8) is 0 Å². The second kappa shape index (κ2) is 7.27. The molecule has 98 valence electrons. The first kappa shape index (κ1) is 14.0. The summed E-state index contributed by atoms with van der Waals surface area (Å²) in [4.78, 5) is 24.3. The van der Waals surface area contributed by atoms with E-state index in [0.29, 0.717) is 19.4 Å². The van der Waals surface area contributed by atoms with Crippen molar-refractivity contribution in [2.24, 2.45) is 5.92 Å². The lowest BCUT2D eigenvalue weighted by Crippen LogP contribution is -2.31. The van der Waals surface area contributed by atoms with Gasteiger partial charge in [-0.3, -0.25) is 9.59 Å². The van der Waals surface area contributed by atoms with E-state index in [-0.39, 0.29) is 5.91 Å². The second-order valence-electron chi connectivity index (χ2n) is 4.68. The number of carboxylic acids is 1. The number of rotatable bonds is 7. The van der Waals surface area contributed by atoms with Crippen LogP contribution in [0.4, 0.5) is 0 Å². The van der Waals surface area contributed by atoms with Crippen LogP contribution in [0.15, 0.2) is 0 Å². The normalized spacial score (nSPS) is 17.9. The van der Waals surface area contributed by atoms with Gasteiger partial charge in [-0.25, -0.2) is 0 Å². The largest absolute Gasteiger partial charge is 0.481 e. The summed E-state index contributed by atoms with van der Waals surface area (Å²) in [5, 5.41) is 11.4. The van der Waals surface area contributed by atoms with Crippen molar-refractivity contribution < 1.29 is 14.7 Å². The predicted octanol–water partition coefficient (Wildman–Crippen LogP) is 0.699. The molecule has 0 spiro atoms. The average molecular weight is 242 g/mol. The Morgan fingerprint density at radius 3 is 2.59 bits per heavy atom. The summed E-state index contributed by atoms with van der Waals surface area (Å²) < 4.78 is 0. The molecular formula is C12H22N2O3. The van der Waals surface area contributed by atoms with Crippen molar-refractivity contribution in [3.8, 4) is 0 Å². The van der Waals surface area contributed by atoms with Gasteiger partial charge in [0, 0.05) is 19.5 Å². The first-order chi connectivity index (χ1) is 8.09. The molecule has 0 aliphatic carbocycles. The van der Waals surface area contributed by atoms with Gasteiger partial charge in [-0.2, -0.15) is 0 Å². The fraction of sp³-hybridized carbons (Fsp3) is 0.833. The van der Waals surface area contributed by atoms with Crippen molar-refractivity contribution in [1.29, 1.82) is 0 Å². The molecule has 0 radical (unpaired) electrons. The highest BCUT2D eigenvalue weighted by Gasteiger charge is 2.13. The monoisotopic (exact) mass is 242 g/mol. The van der Waals surface area contributed by atoms with Crippen LogP contribution in [-0.2, 0) is 9.59 Å².